The maximum absolute atomic E-state index is 12.8. The van der Waals surface area contributed by atoms with Gasteiger partial charge in [0.15, 0.2) is 0 Å². The Morgan fingerprint density at radius 3 is 2.20 bits per heavy atom. The molecule has 2 aromatic rings. The van der Waals surface area contributed by atoms with Crippen molar-refractivity contribution in [1.82, 2.24) is 9.78 Å². The first-order chi connectivity index (χ1) is 7.09. The summed E-state index contributed by atoms with van der Waals surface area (Å²) >= 11 is 0. The van der Waals surface area contributed by atoms with E-state index in [-0.39, 0.29) is 5.82 Å². The van der Waals surface area contributed by atoms with Gasteiger partial charge in [-0.15, -0.1) is 0 Å². The van der Waals surface area contributed by atoms with Crippen LogP contribution in [-0.4, -0.2) is 9.78 Å². The van der Waals surface area contributed by atoms with Gasteiger partial charge in [-0.3, -0.25) is 4.68 Å². The fraction of sp³-hybridized carbons (Fsp3) is 0.250. The molecule has 0 amide bonds. The van der Waals surface area contributed by atoms with Gasteiger partial charge in [0.2, 0.25) is 0 Å². The predicted molar refractivity (Wildman–Crippen MR) is 58.1 cm³/mol. The molecule has 0 saturated carbocycles. The van der Waals surface area contributed by atoms with Gasteiger partial charge in [0, 0.05) is 18.3 Å². The Kier molecular flexibility index (Phi) is 2.31. The topological polar surface area (TPSA) is 17.8 Å². The van der Waals surface area contributed by atoms with Gasteiger partial charge in [-0.05, 0) is 43.7 Å². The lowest BCUT2D eigenvalue weighted by molar-refractivity contribution is 0.628. The van der Waals surface area contributed by atoms with Gasteiger partial charge in [0.1, 0.15) is 5.82 Å². The molecule has 15 heavy (non-hydrogen) atoms. The van der Waals surface area contributed by atoms with Crippen LogP contribution in [0.1, 0.15) is 11.3 Å². The van der Waals surface area contributed by atoms with Crippen LogP contribution in [0.25, 0.3) is 11.3 Å². The quantitative estimate of drug-likeness (QED) is 0.698. The molecule has 0 aliphatic rings. The number of aromatic nitrogens is 2. The van der Waals surface area contributed by atoms with Crippen LogP contribution in [-0.2, 0) is 7.05 Å². The third kappa shape index (κ3) is 1.65. The predicted octanol–water partition coefficient (Wildman–Crippen LogP) is 2.84. The molecule has 1 aromatic carbocycles. The minimum Gasteiger partial charge on any atom is -0.272 e. The van der Waals surface area contributed by atoms with E-state index in [1.165, 1.54) is 12.1 Å². The number of nitrogens with zero attached hydrogens (tertiary/aromatic N) is 2. The van der Waals surface area contributed by atoms with Crippen molar-refractivity contribution in [3.63, 3.8) is 0 Å². The van der Waals surface area contributed by atoms with Crippen molar-refractivity contribution in [3.8, 4) is 11.3 Å². The van der Waals surface area contributed by atoms with E-state index in [4.69, 9.17) is 0 Å². The van der Waals surface area contributed by atoms with E-state index in [1.807, 2.05) is 25.6 Å². The fourth-order valence-electron chi connectivity index (χ4n) is 1.60. The summed E-state index contributed by atoms with van der Waals surface area (Å²) in [5.74, 6) is -0.218. The number of benzene rings is 1. The summed E-state index contributed by atoms with van der Waals surface area (Å²) in [4.78, 5) is 0. The first-order valence-corrected chi connectivity index (χ1v) is 4.85. The lowest BCUT2D eigenvalue weighted by Crippen LogP contribution is -1.92. The molecule has 0 bridgehead atoms. The highest BCUT2D eigenvalue weighted by atomic mass is 19.1. The molecular weight excluding hydrogens is 191 g/mol. The highest BCUT2D eigenvalue weighted by molar-refractivity contribution is 5.63. The second-order valence-electron chi connectivity index (χ2n) is 3.69. The number of hydrogen-bond donors (Lipinski definition) is 0. The van der Waals surface area contributed by atoms with Gasteiger partial charge in [0.05, 0.1) is 5.69 Å². The summed E-state index contributed by atoms with van der Waals surface area (Å²) < 4.78 is 14.6. The first kappa shape index (κ1) is 9.90. The monoisotopic (exact) mass is 204 g/mol. The molecule has 78 valence electrons. The van der Waals surface area contributed by atoms with Crippen molar-refractivity contribution in [2.75, 3.05) is 0 Å². The summed E-state index contributed by atoms with van der Waals surface area (Å²) in [6, 6.07) is 6.42. The van der Waals surface area contributed by atoms with Crippen LogP contribution in [0.2, 0.25) is 0 Å². The Bertz CT molecular complexity index is 483. The molecule has 0 aliphatic carbocycles. The second kappa shape index (κ2) is 3.50. The summed E-state index contributed by atoms with van der Waals surface area (Å²) in [5, 5.41) is 4.40. The molecule has 0 atom stereocenters. The van der Waals surface area contributed by atoms with Crippen LogP contribution in [0, 0.1) is 19.7 Å². The molecule has 1 heterocycles. The largest absolute Gasteiger partial charge is 0.272 e. The minimum absolute atomic E-state index is 0.218. The Balaban J connectivity index is 2.54. The Morgan fingerprint density at radius 2 is 1.73 bits per heavy atom. The molecule has 2 rings (SSSR count). The van der Waals surface area contributed by atoms with Gasteiger partial charge >= 0.3 is 0 Å². The van der Waals surface area contributed by atoms with Gasteiger partial charge in [-0.1, -0.05) is 0 Å². The van der Waals surface area contributed by atoms with E-state index in [2.05, 4.69) is 5.10 Å². The van der Waals surface area contributed by atoms with E-state index in [9.17, 15) is 4.39 Å². The molecule has 0 aliphatic heterocycles. The Hall–Kier alpha value is -1.64. The fourth-order valence-corrected chi connectivity index (χ4v) is 1.60. The number of hydrogen-bond acceptors (Lipinski definition) is 1. The van der Waals surface area contributed by atoms with E-state index in [0.717, 1.165) is 22.5 Å². The normalized spacial score (nSPS) is 10.7. The maximum Gasteiger partial charge on any atom is 0.123 e. The van der Waals surface area contributed by atoms with Crippen LogP contribution >= 0.6 is 0 Å². The van der Waals surface area contributed by atoms with Crippen LogP contribution in [0.3, 0.4) is 0 Å². The zero-order chi connectivity index (χ0) is 11.0. The molecule has 0 fully saturated rings. The van der Waals surface area contributed by atoms with E-state index in [0.29, 0.717) is 0 Å². The second-order valence-corrected chi connectivity index (χ2v) is 3.69. The Morgan fingerprint density at radius 1 is 1.13 bits per heavy atom. The van der Waals surface area contributed by atoms with Crippen LogP contribution in [0.15, 0.2) is 24.3 Å². The molecule has 3 heteroatoms. The number of rotatable bonds is 1. The van der Waals surface area contributed by atoms with Crippen LogP contribution in [0.5, 0.6) is 0 Å². The lowest BCUT2D eigenvalue weighted by Gasteiger charge is -1.97. The molecule has 2 nitrogen and oxygen atoms in total. The van der Waals surface area contributed by atoms with Crippen molar-refractivity contribution >= 4 is 0 Å². The van der Waals surface area contributed by atoms with E-state index >= 15 is 0 Å². The average molecular weight is 204 g/mol. The third-order valence-corrected chi connectivity index (χ3v) is 2.75. The summed E-state index contributed by atoms with van der Waals surface area (Å²) in [7, 11) is 1.91. The van der Waals surface area contributed by atoms with Gasteiger partial charge < -0.3 is 0 Å². The van der Waals surface area contributed by atoms with Crippen molar-refractivity contribution in [2.24, 2.45) is 7.05 Å². The van der Waals surface area contributed by atoms with Crippen molar-refractivity contribution in [3.05, 3.63) is 41.3 Å². The molecule has 0 unspecified atom stereocenters. The van der Waals surface area contributed by atoms with E-state index < -0.39 is 0 Å². The van der Waals surface area contributed by atoms with Crippen LogP contribution in [0.4, 0.5) is 4.39 Å². The van der Waals surface area contributed by atoms with Gasteiger partial charge in [-0.25, -0.2) is 4.39 Å². The van der Waals surface area contributed by atoms with Crippen LogP contribution < -0.4 is 0 Å². The zero-order valence-corrected chi connectivity index (χ0v) is 9.08. The Labute approximate surface area is 88.4 Å². The lowest BCUT2D eigenvalue weighted by atomic mass is 10.1. The van der Waals surface area contributed by atoms with Gasteiger partial charge in [-0.2, -0.15) is 5.10 Å². The standard InChI is InChI=1S/C12H13FN2/c1-8-9(2)15(3)14-12(8)10-4-6-11(13)7-5-10/h4-7H,1-3H3. The highest BCUT2D eigenvalue weighted by Crippen LogP contribution is 2.23. The van der Waals surface area contributed by atoms with Crippen molar-refractivity contribution < 1.29 is 4.39 Å². The summed E-state index contributed by atoms with van der Waals surface area (Å²) in [6.45, 7) is 4.05. The molecule has 1 aromatic heterocycles. The summed E-state index contributed by atoms with van der Waals surface area (Å²) in [6.07, 6.45) is 0. The average Bonchev–Trinajstić information content (AvgIpc) is 2.47. The van der Waals surface area contributed by atoms with E-state index in [1.54, 1.807) is 12.1 Å². The number of halogens is 1. The molecule has 0 saturated heterocycles. The molecule has 0 radical (unpaired) electrons. The van der Waals surface area contributed by atoms with Gasteiger partial charge in [0.25, 0.3) is 0 Å². The SMILES string of the molecule is Cc1c(-c2ccc(F)cc2)nn(C)c1C. The van der Waals surface area contributed by atoms with Crippen molar-refractivity contribution in [2.45, 2.75) is 13.8 Å². The smallest absolute Gasteiger partial charge is 0.123 e. The zero-order valence-electron chi connectivity index (χ0n) is 9.08. The molecular formula is C12H13FN2. The minimum atomic E-state index is -0.218. The van der Waals surface area contributed by atoms with Crippen molar-refractivity contribution in [1.29, 1.82) is 0 Å². The highest BCUT2D eigenvalue weighted by Gasteiger charge is 2.10. The molecule has 0 N–H and O–H groups in total. The third-order valence-electron chi connectivity index (χ3n) is 2.75. The summed E-state index contributed by atoms with van der Waals surface area (Å²) in [5.41, 5.74) is 4.16. The first-order valence-electron chi connectivity index (χ1n) is 4.85. The molecule has 0 spiro atoms. The maximum atomic E-state index is 12.8. The number of aryl methyl sites for hydroxylation is 1.